The lowest BCUT2D eigenvalue weighted by Gasteiger charge is -2.40. The van der Waals surface area contributed by atoms with Crippen LogP contribution in [0.15, 0.2) is 53.4 Å². The van der Waals surface area contributed by atoms with E-state index < -0.39 is 39.8 Å². The number of carbonyl (C=O) groups is 2. The maximum Gasteiger partial charge on any atom is 0.316 e. The zero-order valence-corrected chi connectivity index (χ0v) is 17.4. The molecule has 3 rings (SSSR count). The summed E-state index contributed by atoms with van der Waals surface area (Å²) in [6.07, 6.45) is 0.206. The zero-order chi connectivity index (χ0) is 21.3. The van der Waals surface area contributed by atoms with Crippen molar-refractivity contribution >= 4 is 45.0 Å². The Morgan fingerprint density at radius 2 is 1.69 bits per heavy atom. The Bertz CT molecular complexity index is 1030. The minimum absolute atomic E-state index is 0.0792. The SMILES string of the molecule is N[C@@H](c1ccccc1)[C@H](C(=O)O)C(=O)C1CCN1S(=O)(=O)c1cc(Cl)cc(Cl)c1. The Kier molecular flexibility index (Phi) is 6.30. The van der Waals surface area contributed by atoms with Gasteiger partial charge in [0.25, 0.3) is 0 Å². The molecular weight excluding hydrogens is 439 g/mol. The zero-order valence-electron chi connectivity index (χ0n) is 15.0. The summed E-state index contributed by atoms with van der Waals surface area (Å²) in [4.78, 5) is 24.6. The molecule has 1 saturated heterocycles. The number of carboxylic acid groups (broad SMARTS) is 1. The molecule has 0 spiro atoms. The van der Waals surface area contributed by atoms with Crippen molar-refractivity contribution in [1.29, 1.82) is 0 Å². The van der Waals surface area contributed by atoms with E-state index in [9.17, 15) is 23.1 Å². The van der Waals surface area contributed by atoms with Gasteiger partial charge in [-0.15, -0.1) is 0 Å². The first kappa shape index (κ1) is 21.7. The van der Waals surface area contributed by atoms with Crippen molar-refractivity contribution in [3.63, 3.8) is 0 Å². The lowest BCUT2D eigenvalue weighted by Crippen LogP contribution is -2.58. The summed E-state index contributed by atoms with van der Waals surface area (Å²) < 4.78 is 26.9. The highest BCUT2D eigenvalue weighted by molar-refractivity contribution is 7.89. The highest BCUT2D eigenvalue weighted by Crippen LogP contribution is 2.33. The van der Waals surface area contributed by atoms with Crippen molar-refractivity contribution in [3.8, 4) is 0 Å². The maximum atomic E-state index is 13.0. The van der Waals surface area contributed by atoms with Crippen LogP contribution in [0.3, 0.4) is 0 Å². The molecule has 0 aromatic heterocycles. The maximum absolute atomic E-state index is 13.0. The second kappa shape index (κ2) is 8.41. The van der Waals surface area contributed by atoms with Crippen LogP contribution in [0, 0.1) is 5.92 Å². The molecule has 3 N–H and O–H groups in total. The number of sulfonamides is 1. The molecule has 10 heteroatoms. The molecule has 0 bridgehead atoms. The molecule has 2 aromatic carbocycles. The quantitative estimate of drug-likeness (QED) is 0.618. The number of hydrogen-bond acceptors (Lipinski definition) is 5. The number of aliphatic carboxylic acids is 1. The molecular formula is C19H18Cl2N2O5S. The molecule has 29 heavy (non-hydrogen) atoms. The minimum Gasteiger partial charge on any atom is -0.481 e. The van der Waals surface area contributed by atoms with Crippen LogP contribution in [0.4, 0.5) is 0 Å². The molecule has 1 aliphatic heterocycles. The van der Waals surface area contributed by atoms with E-state index >= 15 is 0 Å². The highest BCUT2D eigenvalue weighted by Gasteiger charge is 2.48. The fourth-order valence-electron chi connectivity index (χ4n) is 3.28. The molecule has 2 aromatic rings. The molecule has 0 saturated carbocycles. The number of nitrogens with two attached hydrogens (primary N) is 1. The van der Waals surface area contributed by atoms with Gasteiger partial charge in [0.1, 0.15) is 5.92 Å². The molecule has 7 nitrogen and oxygen atoms in total. The van der Waals surface area contributed by atoms with Crippen LogP contribution in [0.5, 0.6) is 0 Å². The number of carboxylic acids is 1. The summed E-state index contributed by atoms with van der Waals surface area (Å²) in [6, 6.07) is 9.97. The van der Waals surface area contributed by atoms with Gasteiger partial charge in [-0.1, -0.05) is 53.5 Å². The average molecular weight is 457 g/mol. The minimum atomic E-state index is -4.08. The van der Waals surface area contributed by atoms with E-state index in [0.717, 1.165) is 4.31 Å². The number of carbonyl (C=O) groups excluding carboxylic acids is 1. The van der Waals surface area contributed by atoms with Crippen LogP contribution >= 0.6 is 23.2 Å². The van der Waals surface area contributed by atoms with E-state index in [2.05, 4.69) is 0 Å². The highest BCUT2D eigenvalue weighted by atomic mass is 35.5. The van der Waals surface area contributed by atoms with Crippen molar-refractivity contribution in [2.75, 3.05) is 6.54 Å². The van der Waals surface area contributed by atoms with Crippen molar-refractivity contribution in [2.24, 2.45) is 11.7 Å². The van der Waals surface area contributed by atoms with Gasteiger partial charge in [0.05, 0.1) is 17.0 Å². The predicted molar refractivity (Wildman–Crippen MR) is 108 cm³/mol. The molecule has 154 valence electrons. The van der Waals surface area contributed by atoms with E-state index in [0.29, 0.717) is 5.56 Å². The normalized spacial score (nSPS) is 19.2. The van der Waals surface area contributed by atoms with Crippen molar-refractivity contribution in [3.05, 3.63) is 64.1 Å². The van der Waals surface area contributed by atoms with Gasteiger partial charge < -0.3 is 10.8 Å². The Balaban J connectivity index is 1.89. The number of benzene rings is 2. The molecule has 0 radical (unpaired) electrons. The third-order valence-electron chi connectivity index (χ3n) is 4.86. The second-order valence-electron chi connectivity index (χ2n) is 6.68. The van der Waals surface area contributed by atoms with Gasteiger partial charge in [-0.05, 0) is 30.2 Å². The monoisotopic (exact) mass is 456 g/mol. The average Bonchev–Trinajstić information content (AvgIpc) is 2.60. The smallest absolute Gasteiger partial charge is 0.316 e. The number of Topliss-reactive ketones (excluding diaryl/α,β-unsaturated/α-hetero) is 1. The van der Waals surface area contributed by atoms with Gasteiger partial charge in [-0.2, -0.15) is 4.31 Å². The van der Waals surface area contributed by atoms with Crippen molar-refractivity contribution < 1.29 is 23.1 Å². The Labute approximate surface area is 178 Å². The summed E-state index contributed by atoms with van der Waals surface area (Å²) in [6.45, 7) is 0.0792. The fraction of sp³-hybridized carbons (Fsp3) is 0.263. The van der Waals surface area contributed by atoms with Crippen LogP contribution < -0.4 is 5.73 Å². The number of hydrogen-bond donors (Lipinski definition) is 2. The van der Waals surface area contributed by atoms with E-state index in [1.165, 1.54) is 18.2 Å². The predicted octanol–water partition coefficient (Wildman–Crippen LogP) is 2.73. The summed E-state index contributed by atoms with van der Waals surface area (Å²) in [5.41, 5.74) is 6.53. The summed E-state index contributed by atoms with van der Waals surface area (Å²) in [7, 11) is -4.08. The first-order chi connectivity index (χ1) is 13.6. The van der Waals surface area contributed by atoms with Gasteiger partial charge in [0.15, 0.2) is 5.78 Å². The lowest BCUT2D eigenvalue weighted by molar-refractivity contribution is -0.149. The summed E-state index contributed by atoms with van der Waals surface area (Å²) in [5, 5.41) is 9.89. The van der Waals surface area contributed by atoms with E-state index in [1.807, 2.05) is 0 Å². The summed E-state index contributed by atoms with van der Waals surface area (Å²) >= 11 is 11.8. The third-order valence-corrected chi connectivity index (χ3v) is 7.18. The standard InChI is InChI=1S/C19H18Cl2N2O5S/c20-12-8-13(21)10-14(9-12)29(27,28)23-7-6-15(23)18(24)16(19(25)26)17(22)11-4-2-1-3-5-11/h1-5,8-10,15-17H,6-7,22H2,(H,25,26)/t15?,16-,17-/m0/s1. The number of rotatable bonds is 7. The van der Waals surface area contributed by atoms with Crippen LogP contribution in [0.2, 0.25) is 10.0 Å². The van der Waals surface area contributed by atoms with E-state index in [1.54, 1.807) is 30.3 Å². The van der Waals surface area contributed by atoms with Crippen LogP contribution in [0.25, 0.3) is 0 Å². The lowest BCUT2D eigenvalue weighted by atomic mass is 9.84. The Morgan fingerprint density at radius 1 is 1.10 bits per heavy atom. The number of nitrogens with zero attached hydrogens (tertiary/aromatic N) is 1. The topological polar surface area (TPSA) is 118 Å². The van der Waals surface area contributed by atoms with Crippen LogP contribution in [-0.2, 0) is 19.6 Å². The Morgan fingerprint density at radius 3 is 2.17 bits per heavy atom. The first-order valence-electron chi connectivity index (χ1n) is 8.68. The molecule has 3 atom stereocenters. The summed E-state index contributed by atoms with van der Waals surface area (Å²) in [5.74, 6) is -3.73. The Hall–Kier alpha value is -1.97. The van der Waals surface area contributed by atoms with Gasteiger partial charge in [-0.3, -0.25) is 9.59 Å². The van der Waals surface area contributed by atoms with E-state index in [-0.39, 0.29) is 27.9 Å². The molecule has 0 aliphatic carbocycles. The van der Waals surface area contributed by atoms with Crippen LogP contribution in [0.1, 0.15) is 18.0 Å². The molecule has 1 heterocycles. The van der Waals surface area contributed by atoms with Gasteiger partial charge in [0, 0.05) is 16.6 Å². The fourth-order valence-corrected chi connectivity index (χ4v) is 5.64. The number of ketones is 1. The first-order valence-corrected chi connectivity index (χ1v) is 10.9. The largest absolute Gasteiger partial charge is 0.481 e. The second-order valence-corrected chi connectivity index (χ2v) is 9.44. The van der Waals surface area contributed by atoms with Gasteiger partial charge >= 0.3 is 5.97 Å². The van der Waals surface area contributed by atoms with Crippen molar-refractivity contribution in [1.82, 2.24) is 4.31 Å². The number of halogens is 2. The van der Waals surface area contributed by atoms with E-state index in [4.69, 9.17) is 28.9 Å². The van der Waals surface area contributed by atoms with Crippen LogP contribution in [-0.4, -0.2) is 42.2 Å². The molecule has 1 unspecified atom stereocenters. The van der Waals surface area contributed by atoms with Gasteiger partial charge in [0.2, 0.25) is 10.0 Å². The molecule has 1 aliphatic rings. The van der Waals surface area contributed by atoms with Crippen molar-refractivity contribution in [2.45, 2.75) is 23.4 Å². The molecule has 1 fully saturated rings. The van der Waals surface area contributed by atoms with Gasteiger partial charge in [-0.25, -0.2) is 8.42 Å². The molecule has 0 amide bonds. The third kappa shape index (κ3) is 4.31.